The predicted octanol–water partition coefficient (Wildman–Crippen LogP) is 3.68. The summed E-state index contributed by atoms with van der Waals surface area (Å²) in [6, 6.07) is 6.76. The average molecular weight is 320 g/mol. The highest BCUT2D eigenvalue weighted by Gasteiger charge is 2.21. The molecule has 0 spiro atoms. The maximum Gasteiger partial charge on any atom is 0.410 e. The first-order valence-electron chi connectivity index (χ1n) is 7.64. The maximum absolute atomic E-state index is 12.1. The van der Waals surface area contributed by atoms with Crippen LogP contribution in [0.5, 0.6) is 5.75 Å². The smallest absolute Gasteiger partial charge is 0.410 e. The van der Waals surface area contributed by atoms with Crippen LogP contribution in [0.3, 0.4) is 0 Å². The highest BCUT2D eigenvalue weighted by atomic mass is 16.6. The van der Waals surface area contributed by atoms with Gasteiger partial charge in [0.2, 0.25) is 6.08 Å². The van der Waals surface area contributed by atoms with E-state index in [-0.39, 0.29) is 6.09 Å². The quantitative estimate of drug-likeness (QED) is 0.567. The van der Waals surface area contributed by atoms with E-state index in [1.54, 1.807) is 29.2 Å². The lowest BCUT2D eigenvalue weighted by atomic mass is 10.2. The molecule has 1 rings (SSSR count). The van der Waals surface area contributed by atoms with Gasteiger partial charge in [0.15, 0.2) is 0 Å². The molecular formula is C17H24N2O4. The number of carbonyl (C=O) groups excluding carboxylic acids is 2. The zero-order valence-electron chi connectivity index (χ0n) is 14.2. The van der Waals surface area contributed by atoms with Crippen molar-refractivity contribution in [3.8, 4) is 5.75 Å². The number of rotatable bonds is 7. The molecule has 0 unspecified atom stereocenters. The molecule has 0 aliphatic carbocycles. The van der Waals surface area contributed by atoms with Gasteiger partial charge < -0.3 is 14.4 Å². The number of carbonyl (C=O) groups is 1. The van der Waals surface area contributed by atoms with E-state index in [9.17, 15) is 9.59 Å². The van der Waals surface area contributed by atoms with Gasteiger partial charge in [-0.15, -0.1) is 0 Å². The lowest BCUT2D eigenvalue weighted by molar-refractivity contribution is 0.0226. The third kappa shape index (κ3) is 7.47. The van der Waals surface area contributed by atoms with Crippen LogP contribution in [-0.4, -0.2) is 42.4 Å². The van der Waals surface area contributed by atoms with Crippen molar-refractivity contribution in [3.05, 3.63) is 24.3 Å². The van der Waals surface area contributed by atoms with E-state index in [1.165, 1.54) is 6.08 Å². The van der Waals surface area contributed by atoms with Gasteiger partial charge in [0, 0.05) is 6.54 Å². The van der Waals surface area contributed by atoms with Crippen molar-refractivity contribution in [2.24, 2.45) is 4.99 Å². The van der Waals surface area contributed by atoms with Gasteiger partial charge in [0.25, 0.3) is 0 Å². The summed E-state index contributed by atoms with van der Waals surface area (Å²) in [5, 5.41) is 0. The van der Waals surface area contributed by atoms with Gasteiger partial charge in [0.05, 0.1) is 12.2 Å². The van der Waals surface area contributed by atoms with Crippen molar-refractivity contribution < 1.29 is 19.1 Å². The summed E-state index contributed by atoms with van der Waals surface area (Å²) < 4.78 is 11.0. The molecule has 0 N–H and O–H groups in total. The average Bonchev–Trinajstić information content (AvgIpc) is 2.46. The molecule has 0 aromatic heterocycles. The Bertz CT molecular complexity index is 543. The van der Waals surface area contributed by atoms with Crippen molar-refractivity contribution in [1.82, 2.24) is 4.90 Å². The first-order valence-corrected chi connectivity index (χ1v) is 7.64. The van der Waals surface area contributed by atoms with Crippen molar-refractivity contribution in [3.63, 3.8) is 0 Å². The molecule has 1 amide bonds. The molecule has 6 heteroatoms. The topological polar surface area (TPSA) is 68.2 Å². The Kier molecular flexibility index (Phi) is 7.29. The molecule has 0 saturated carbocycles. The number of benzene rings is 1. The van der Waals surface area contributed by atoms with E-state index in [0.29, 0.717) is 31.1 Å². The molecule has 0 atom stereocenters. The third-order valence-corrected chi connectivity index (χ3v) is 2.79. The van der Waals surface area contributed by atoms with Crippen LogP contribution >= 0.6 is 0 Å². The fourth-order valence-corrected chi connectivity index (χ4v) is 1.83. The lowest BCUT2D eigenvalue weighted by Crippen LogP contribution is -2.39. The number of nitrogens with zero attached hydrogens (tertiary/aromatic N) is 2. The van der Waals surface area contributed by atoms with Crippen molar-refractivity contribution >= 4 is 17.9 Å². The summed E-state index contributed by atoms with van der Waals surface area (Å²) in [6.45, 7) is 8.95. The summed E-state index contributed by atoms with van der Waals surface area (Å²) in [5.74, 6) is 0.649. The Morgan fingerprint density at radius 2 is 1.87 bits per heavy atom. The number of ether oxygens (including phenoxy) is 2. The minimum atomic E-state index is -0.515. The first-order chi connectivity index (χ1) is 10.9. The minimum absolute atomic E-state index is 0.335. The van der Waals surface area contributed by atoms with Gasteiger partial charge in [0.1, 0.15) is 18.0 Å². The van der Waals surface area contributed by atoms with E-state index in [0.717, 1.165) is 6.42 Å². The Morgan fingerprint density at radius 1 is 1.22 bits per heavy atom. The third-order valence-electron chi connectivity index (χ3n) is 2.79. The maximum atomic E-state index is 12.1. The molecule has 1 aromatic carbocycles. The van der Waals surface area contributed by atoms with E-state index >= 15 is 0 Å². The highest BCUT2D eigenvalue weighted by Crippen LogP contribution is 2.17. The van der Waals surface area contributed by atoms with E-state index in [4.69, 9.17) is 9.47 Å². The highest BCUT2D eigenvalue weighted by molar-refractivity contribution is 5.68. The predicted molar refractivity (Wildman–Crippen MR) is 87.8 cm³/mol. The van der Waals surface area contributed by atoms with Crippen molar-refractivity contribution in [2.45, 2.75) is 39.7 Å². The molecule has 23 heavy (non-hydrogen) atoms. The summed E-state index contributed by atoms with van der Waals surface area (Å²) >= 11 is 0. The van der Waals surface area contributed by atoms with Gasteiger partial charge >= 0.3 is 6.09 Å². The molecule has 0 fully saturated rings. The Balaban J connectivity index is 2.51. The van der Waals surface area contributed by atoms with Gasteiger partial charge in [-0.25, -0.2) is 9.59 Å². The first kappa shape index (κ1) is 18.7. The number of hydrogen-bond acceptors (Lipinski definition) is 5. The van der Waals surface area contributed by atoms with E-state index in [2.05, 4.69) is 4.99 Å². The zero-order chi connectivity index (χ0) is 17.3. The number of hydrogen-bond donors (Lipinski definition) is 0. The fourth-order valence-electron chi connectivity index (χ4n) is 1.83. The Labute approximate surface area is 137 Å². The molecule has 0 radical (unpaired) electrons. The zero-order valence-corrected chi connectivity index (χ0v) is 14.2. The van der Waals surface area contributed by atoms with Crippen LogP contribution in [0, 0.1) is 0 Å². The normalized spacial score (nSPS) is 10.6. The molecule has 0 aliphatic rings. The number of amides is 1. The largest absolute Gasteiger partial charge is 0.492 e. The van der Waals surface area contributed by atoms with Crippen LogP contribution in [0.1, 0.15) is 34.1 Å². The van der Waals surface area contributed by atoms with Gasteiger partial charge in [-0.3, -0.25) is 0 Å². The summed E-state index contributed by atoms with van der Waals surface area (Å²) in [4.78, 5) is 27.4. The lowest BCUT2D eigenvalue weighted by Gasteiger charge is -2.27. The summed E-state index contributed by atoms with van der Waals surface area (Å²) in [5.41, 5.74) is 0.00694. The Morgan fingerprint density at radius 3 is 2.39 bits per heavy atom. The molecule has 6 nitrogen and oxygen atoms in total. The van der Waals surface area contributed by atoms with Crippen molar-refractivity contribution in [1.29, 1.82) is 0 Å². The molecular weight excluding hydrogens is 296 g/mol. The molecule has 0 aliphatic heterocycles. The molecule has 0 heterocycles. The molecule has 0 bridgehead atoms. The Hall–Kier alpha value is -2.33. The van der Waals surface area contributed by atoms with Gasteiger partial charge in [-0.1, -0.05) is 6.92 Å². The second-order valence-corrected chi connectivity index (χ2v) is 6.01. The van der Waals surface area contributed by atoms with Crippen LogP contribution in [0.4, 0.5) is 10.5 Å². The standard InChI is InChI=1S/C17H24N2O4/c1-5-10-19(16(21)23-17(2,3)4)11-12-22-15-8-6-14(7-9-15)18-13-20/h6-9H,5,10-12H2,1-4H3. The summed E-state index contributed by atoms with van der Waals surface area (Å²) in [6.07, 6.45) is 1.99. The van der Waals surface area contributed by atoms with Gasteiger partial charge in [-0.2, -0.15) is 4.99 Å². The van der Waals surface area contributed by atoms with Crippen molar-refractivity contribution in [2.75, 3.05) is 19.7 Å². The molecule has 1 aromatic rings. The second-order valence-electron chi connectivity index (χ2n) is 6.01. The second kappa shape index (κ2) is 8.96. The number of isocyanates is 1. The minimum Gasteiger partial charge on any atom is -0.492 e. The van der Waals surface area contributed by atoms with E-state index < -0.39 is 5.60 Å². The van der Waals surface area contributed by atoms with Gasteiger partial charge in [-0.05, 0) is 51.5 Å². The molecule has 126 valence electrons. The van der Waals surface area contributed by atoms with Crippen LogP contribution in [0.25, 0.3) is 0 Å². The van der Waals surface area contributed by atoms with Crippen LogP contribution in [0.2, 0.25) is 0 Å². The van der Waals surface area contributed by atoms with Crippen LogP contribution in [-0.2, 0) is 9.53 Å². The monoisotopic (exact) mass is 320 g/mol. The number of aliphatic imine (C=N–C) groups is 1. The molecule has 0 saturated heterocycles. The summed E-state index contributed by atoms with van der Waals surface area (Å²) in [7, 11) is 0. The van der Waals surface area contributed by atoms with E-state index in [1.807, 2.05) is 27.7 Å². The SMILES string of the molecule is CCCN(CCOc1ccc(N=C=O)cc1)C(=O)OC(C)(C)C. The van der Waals surface area contributed by atoms with Crippen LogP contribution in [0.15, 0.2) is 29.3 Å². The fraction of sp³-hybridized carbons (Fsp3) is 0.529. The van der Waals surface area contributed by atoms with Crippen LogP contribution < -0.4 is 4.74 Å².